The van der Waals surface area contributed by atoms with E-state index in [9.17, 15) is 14.0 Å². The Kier molecular flexibility index (Phi) is 5.35. The lowest BCUT2D eigenvalue weighted by molar-refractivity contribution is -0.124. The van der Waals surface area contributed by atoms with Crippen LogP contribution in [0.4, 0.5) is 4.39 Å². The number of hydrogen-bond acceptors (Lipinski definition) is 2. The molecule has 2 atom stereocenters. The number of aryl methyl sites for hydroxylation is 1. The highest BCUT2D eigenvalue weighted by Crippen LogP contribution is 2.30. The van der Waals surface area contributed by atoms with Gasteiger partial charge in [0.05, 0.1) is 6.04 Å². The molecular formula is C21H23FN2O2. The number of rotatable bonds is 5. The summed E-state index contributed by atoms with van der Waals surface area (Å²) in [5.41, 5.74) is 2.73. The van der Waals surface area contributed by atoms with Crippen LogP contribution in [0.2, 0.25) is 0 Å². The molecule has 26 heavy (non-hydrogen) atoms. The largest absolute Gasteiger partial charge is 0.347 e. The minimum Gasteiger partial charge on any atom is -0.347 e. The molecule has 136 valence electrons. The Morgan fingerprint density at radius 2 is 1.77 bits per heavy atom. The number of carbonyl (C=O) groups excluding carboxylic acids is 2. The summed E-state index contributed by atoms with van der Waals surface area (Å²) in [6, 6.07) is 12.7. The van der Waals surface area contributed by atoms with Crippen molar-refractivity contribution in [3.05, 3.63) is 71.0 Å². The van der Waals surface area contributed by atoms with Gasteiger partial charge in [-0.05, 0) is 54.2 Å². The maximum Gasteiger partial charge on any atom is 0.251 e. The molecule has 0 radical (unpaired) electrons. The van der Waals surface area contributed by atoms with Gasteiger partial charge in [0.1, 0.15) is 11.9 Å². The summed E-state index contributed by atoms with van der Waals surface area (Å²) in [5.74, 6) is -1.06. The van der Waals surface area contributed by atoms with Crippen LogP contribution in [-0.2, 0) is 11.2 Å². The van der Waals surface area contributed by atoms with Crippen LogP contribution in [0.15, 0.2) is 48.5 Å². The fourth-order valence-electron chi connectivity index (χ4n) is 3.33. The molecule has 4 nitrogen and oxygen atoms in total. The molecule has 2 amide bonds. The SMILES string of the molecule is CC(C)[C@H](NC(=O)c1ccc(F)cc1)C(=O)NC1CCc2ccccc21. The quantitative estimate of drug-likeness (QED) is 0.865. The number of halogens is 1. The van der Waals surface area contributed by atoms with Crippen LogP contribution >= 0.6 is 0 Å². The molecule has 2 aromatic carbocycles. The Balaban J connectivity index is 1.69. The van der Waals surface area contributed by atoms with E-state index in [4.69, 9.17) is 0 Å². The topological polar surface area (TPSA) is 58.2 Å². The average molecular weight is 354 g/mol. The molecule has 0 bridgehead atoms. The van der Waals surface area contributed by atoms with Gasteiger partial charge < -0.3 is 10.6 Å². The Labute approximate surface area is 152 Å². The highest BCUT2D eigenvalue weighted by Gasteiger charge is 2.29. The summed E-state index contributed by atoms with van der Waals surface area (Å²) >= 11 is 0. The van der Waals surface area contributed by atoms with Crippen molar-refractivity contribution in [1.82, 2.24) is 10.6 Å². The van der Waals surface area contributed by atoms with E-state index in [0.717, 1.165) is 18.4 Å². The van der Waals surface area contributed by atoms with E-state index in [1.807, 2.05) is 32.0 Å². The van der Waals surface area contributed by atoms with E-state index in [1.54, 1.807) is 0 Å². The summed E-state index contributed by atoms with van der Waals surface area (Å²) in [4.78, 5) is 25.2. The Bertz CT molecular complexity index is 802. The van der Waals surface area contributed by atoms with Crippen LogP contribution in [0, 0.1) is 11.7 Å². The number of hydrogen-bond donors (Lipinski definition) is 2. The van der Waals surface area contributed by atoms with Gasteiger partial charge in [0, 0.05) is 5.56 Å². The standard InChI is InChI=1S/C21H23FN2O2/c1-13(2)19(24-20(25)15-7-10-16(22)11-8-15)21(26)23-18-12-9-14-5-3-4-6-17(14)18/h3-8,10-11,13,18-19H,9,12H2,1-2H3,(H,23,26)(H,24,25)/t18?,19-/m0/s1. The molecule has 5 heteroatoms. The second-order valence-electron chi connectivity index (χ2n) is 7.00. The van der Waals surface area contributed by atoms with Crippen molar-refractivity contribution in [3.63, 3.8) is 0 Å². The molecule has 3 rings (SSSR count). The van der Waals surface area contributed by atoms with Crippen molar-refractivity contribution in [2.75, 3.05) is 0 Å². The minimum absolute atomic E-state index is 0.0253. The first-order valence-corrected chi connectivity index (χ1v) is 8.90. The number of carbonyl (C=O) groups is 2. The third kappa shape index (κ3) is 3.93. The molecular weight excluding hydrogens is 331 g/mol. The molecule has 0 fully saturated rings. The van der Waals surface area contributed by atoms with Gasteiger partial charge in [-0.15, -0.1) is 0 Å². The highest BCUT2D eigenvalue weighted by molar-refractivity contribution is 5.97. The maximum absolute atomic E-state index is 13.0. The normalized spacial score (nSPS) is 16.8. The average Bonchev–Trinajstić information content (AvgIpc) is 3.02. The molecule has 1 aliphatic rings. The number of benzene rings is 2. The second-order valence-corrected chi connectivity index (χ2v) is 7.00. The lowest BCUT2D eigenvalue weighted by Gasteiger charge is -2.24. The van der Waals surface area contributed by atoms with Crippen molar-refractivity contribution in [3.8, 4) is 0 Å². The van der Waals surface area contributed by atoms with Crippen LogP contribution in [0.5, 0.6) is 0 Å². The summed E-state index contributed by atoms with van der Waals surface area (Å²) in [5, 5.41) is 5.85. The first-order chi connectivity index (χ1) is 12.5. The fourth-order valence-corrected chi connectivity index (χ4v) is 3.33. The van der Waals surface area contributed by atoms with E-state index in [2.05, 4.69) is 16.7 Å². The van der Waals surface area contributed by atoms with E-state index in [0.29, 0.717) is 5.56 Å². The molecule has 0 heterocycles. The van der Waals surface area contributed by atoms with Crippen molar-refractivity contribution in [2.45, 2.75) is 38.8 Å². The summed E-state index contributed by atoms with van der Waals surface area (Å²) in [6.45, 7) is 3.77. The minimum atomic E-state index is -0.652. The fraction of sp³-hybridized carbons (Fsp3) is 0.333. The molecule has 2 N–H and O–H groups in total. The lowest BCUT2D eigenvalue weighted by atomic mass is 10.0. The number of fused-ring (bicyclic) bond motifs is 1. The van der Waals surface area contributed by atoms with Gasteiger partial charge in [0.25, 0.3) is 5.91 Å². The Hall–Kier alpha value is -2.69. The predicted octanol–water partition coefficient (Wildman–Crippen LogP) is 3.38. The Morgan fingerprint density at radius 3 is 2.46 bits per heavy atom. The second kappa shape index (κ2) is 7.68. The molecule has 0 saturated carbocycles. The maximum atomic E-state index is 13.0. The molecule has 0 aromatic heterocycles. The van der Waals surface area contributed by atoms with Gasteiger partial charge in [-0.25, -0.2) is 4.39 Å². The van der Waals surface area contributed by atoms with E-state index >= 15 is 0 Å². The van der Waals surface area contributed by atoms with Gasteiger partial charge in [0.2, 0.25) is 5.91 Å². The zero-order chi connectivity index (χ0) is 18.7. The molecule has 1 unspecified atom stereocenters. The molecule has 0 spiro atoms. The smallest absolute Gasteiger partial charge is 0.251 e. The highest BCUT2D eigenvalue weighted by atomic mass is 19.1. The van der Waals surface area contributed by atoms with Crippen LogP contribution in [0.25, 0.3) is 0 Å². The van der Waals surface area contributed by atoms with Crippen LogP contribution < -0.4 is 10.6 Å². The number of nitrogens with one attached hydrogen (secondary N) is 2. The summed E-state index contributed by atoms with van der Waals surface area (Å²) in [7, 11) is 0. The Morgan fingerprint density at radius 1 is 1.08 bits per heavy atom. The van der Waals surface area contributed by atoms with Crippen molar-refractivity contribution < 1.29 is 14.0 Å². The first kappa shape index (κ1) is 18.1. The van der Waals surface area contributed by atoms with Gasteiger partial charge in [-0.2, -0.15) is 0 Å². The van der Waals surface area contributed by atoms with Crippen LogP contribution in [0.3, 0.4) is 0 Å². The zero-order valence-corrected chi connectivity index (χ0v) is 15.0. The summed E-state index contributed by atoms with van der Waals surface area (Å²) in [6.07, 6.45) is 1.80. The molecule has 0 saturated heterocycles. The van der Waals surface area contributed by atoms with Gasteiger partial charge in [-0.3, -0.25) is 9.59 Å². The van der Waals surface area contributed by atoms with Gasteiger partial charge in [0.15, 0.2) is 0 Å². The lowest BCUT2D eigenvalue weighted by Crippen LogP contribution is -2.50. The van der Waals surface area contributed by atoms with E-state index in [-0.39, 0.29) is 23.8 Å². The third-order valence-electron chi connectivity index (χ3n) is 4.79. The van der Waals surface area contributed by atoms with Crippen LogP contribution in [0.1, 0.15) is 47.8 Å². The molecule has 0 aliphatic heterocycles. The third-order valence-corrected chi connectivity index (χ3v) is 4.79. The van der Waals surface area contributed by atoms with Gasteiger partial charge in [-0.1, -0.05) is 38.1 Å². The summed E-state index contributed by atoms with van der Waals surface area (Å²) < 4.78 is 13.0. The predicted molar refractivity (Wildman–Crippen MR) is 98.1 cm³/mol. The van der Waals surface area contributed by atoms with E-state index in [1.165, 1.54) is 29.8 Å². The molecule has 2 aromatic rings. The number of amides is 2. The van der Waals surface area contributed by atoms with Crippen molar-refractivity contribution in [2.24, 2.45) is 5.92 Å². The van der Waals surface area contributed by atoms with Crippen molar-refractivity contribution >= 4 is 11.8 Å². The van der Waals surface area contributed by atoms with E-state index < -0.39 is 11.9 Å². The molecule has 1 aliphatic carbocycles. The zero-order valence-electron chi connectivity index (χ0n) is 15.0. The monoisotopic (exact) mass is 354 g/mol. The van der Waals surface area contributed by atoms with Crippen LogP contribution in [-0.4, -0.2) is 17.9 Å². The van der Waals surface area contributed by atoms with Crippen molar-refractivity contribution in [1.29, 1.82) is 0 Å². The van der Waals surface area contributed by atoms with Gasteiger partial charge >= 0.3 is 0 Å². The first-order valence-electron chi connectivity index (χ1n) is 8.90.